The summed E-state index contributed by atoms with van der Waals surface area (Å²) in [5.41, 5.74) is 0.521. The molecule has 0 aromatic heterocycles. The molecule has 0 unspecified atom stereocenters. The van der Waals surface area contributed by atoms with Gasteiger partial charge in [0.2, 0.25) is 0 Å². The molecule has 1 aromatic carbocycles. The molecule has 6 heteroatoms. The number of benzene rings is 1. The molecule has 1 aromatic rings. The average molecular weight is 300 g/mol. The highest BCUT2D eigenvalue weighted by molar-refractivity contribution is 5.87. The Bertz CT molecular complexity index is 475. The molecule has 0 heterocycles. The highest BCUT2D eigenvalue weighted by Gasteiger charge is 2.05. The van der Waals surface area contributed by atoms with E-state index in [1.807, 2.05) is 0 Å². The van der Waals surface area contributed by atoms with Crippen LogP contribution >= 0.6 is 0 Å². The third kappa shape index (κ3) is 6.25. The second-order valence-corrected chi connectivity index (χ2v) is 3.86. The van der Waals surface area contributed by atoms with E-state index >= 15 is 0 Å². The van der Waals surface area contributed by atoms with E-state index in [0.717, 1.165) is 0 Å². The van der Waals surface area contributed by atoms with Crippen LogP contribution in [0.1, 0.15) is 12.5 Å². The summed E-state index contributed by atoms with van der Waals surface area (Å²) in [6.07, 6.45) is 2.72. The van der Waals surface area contributed by atoms with Gasteiger partial charge in [-0.15, -0.1) is 0 Å². The van der Waals surface area contributed by atoms with Crippen LogP contribution in [0.5, 0.6) is 11.5 Å². The fraction of sp³-hybridized carbons (Fsp3) is 0.400. The Balaban J connectivity index is 2.89. The molecule has 1 rings (SSSR count). The number of hydrogen-bond acceptors (Lipinski definition) is 4. The van der Waals surface area contributed by atoms with Gasteiger partial charge in [0.1, 0.15) is 38.1 Å². The molecule has 0 radical (unpaired) electrons. The summed E-state index contributed by atoms with van der Waals surface area (Å²) in [6.45, 7) is 0.590. The van der Waals surface area contributed by atoms with Crippen LogP contribution in [0.15, 0.2) is 24.3 Å². The Morgan fingerprint density at radius 1 is 1.19 bits per heavy atom. The summed E-state index contributed by atoms with van der Waals surface area (Å²) in [5, 5.41) is 0. The van der Waals surface area contributed by atoms with E-state index < -0.39 is 19.3 Å². The first-order valence-electron chi connectivity index (χ1n) is 6.57. The van der Waals surface area contributed by atoms with Gasteiger partial charge in [0, 0.05) is 11.6 Å². The summed E-state index contributed by atoms with van der Waals surface area (Å²) in [4.78, 5) is 11.3. The summed E-state index contributed by atoms with van der Waals surface area (Å²) < 4.78 is 39.4. The molecule has 0 spiro atoms. The van der Waals surface area contributed by atoms with Crippen LogP contribution in [-0.4, -0.2) is 39.1 Å². The minimum atomic E-state index is -0.624. The second-order valence-electron chi connectivity index (χ2n) is 3.86. The Morgan fingerprint density at radius 3 is 2.57 bits per heavy atom. The fourth-order valence-corrected chi connectivity index (χ4v) is 1.53. The molecular weight excluding hydrogens is 282 g/mol. The highest BCUT2D eigenvalue weighted by atomic mass is 19.1. The molecule has 0 saturated heterocycles. The topological polar surface area (TPSA) is 44.8 Å². The average Bonchev–Trinajstić information content (AvgIpc) is 2.50. The zero-order chi connectivity index (χ0) is 15.5. The van der Waals surface area contributed by atoms with E-state index in [4.69, 9.17) is 14.2 Å². The van der Waals surface area contributed by atoms with Crippen molar-refractivity contribution in [2.75, 3.05) is 33.2 Å². The van der Waals surface area contributed by atoms with Gasteiger partial charge in [-0.05, 0) is 31.2 Å². The Hall–Kier alpha value is -2.11. The number of carbonyl (C=O) groups excluding carboxylic acids is 1. The van der Waals surface area contributed by atoms with Crippen LogP contribution in [0.2, 0.25) is 0 Å². The Kier molecular flexibility index (Phi) is 7.86. The maximum Gasteiger partial charge on any atom is 0.330 e. The standard InChI is InChI=1S/C15H18F2O4/c1-2-19-15(18)6-3-12-11-13(20-9-7-16)4-5-14(12)21-10-8-17/h3-6,11H,2,7-10H2,1H3/b6-3+. The van der Waals surface area contributed by atoms with Gasteiger partial charge >= 0.3 is 5.97 Å². The molecule has 0 N–H and O–H groups in total. The summed E-state index contributed by atoms with van der Waals surface area (Å²) in [7, 11) is 0. The normalized spacial score (nSPS) is 10.6. The lowest BCUT2D eigenvalue weighted by Crippen LogP contribution is -2.03. The minimum absolute atomic E-state index is 0.0638. The van der Waals surface area contributed by atoms with Crippen molar-refractivity contribution >= 4 is 12.0 Å². The molecule has 116 valence electrons. The summed E-state index contributed by atoms with van der Waals surface area (Å²) in [6, 6.07) is 4.75. The second kappa shape index (κ2) is 9.74. The fourth-order valence-electron chi connectivity index (χ4n) is 1.53. The van der Waals surface area contributed by atoms with E-state index in [1.165, 1.54) is 12.2 Å². The van der Waals surface area contributed by atoms with Crippen LogP contribution in [0.4, 0.5) is 8.78 Å². The summed E-state index contributed by atoms with van der Waals surface area (Å²) >= 11 is 0. The Labute approximate surface area is 122 Å². The lowest BCUT2D eigenvalue weighted by atomic mass is 10.1. The third-order valence-electron chi connectivity index (χ3n) is 2.35. The smallest absolute Gasteiger partial charge is 0.330 e. The van der Waals surface area contributed by atoms with Crippen LogP contribution in [-0.2, 0) is 9.53 Å². The molecule has 0 amide bonds. The van der Waals surface area contributed by atoms with Crippen molar-refractivity contribution in [1.82, 2.24) is 0 Å². The van der Waals surface area contributed by atoms with E-state index in [0.29, 0.717) is 17.1 Å². The molecule has 21 heavy (non-hydrogen) atoms. The van der Waals surface area contributed by atoms with E-state index in [2.05, 4.69) is 0 Å². The van der Waals surface area contributed by atoms with Crippen molar-refractivity contribution in [3.05, 3.63) is 29.8 Å². The molecule has 0 aliphatic carbocycles. The molecule has 4 nitrogen and oxygen atoms in total. The summed E-state index contributed by atoms with van der Waals surface area (Å²) in [5.74, 6) is 0.341. The first kappa shape index (κ1) is 16.9. The van der Waals surface area contributed by atoms with E-state index in [9.17, 15) is 13.6 Å². The first-order valence-corrected chi connectivity index (χ1v) is 6.57. The molecule has 0 bridgehead atoms. The molecule has 0 aliphatic heterocycles. The van der Waals surface area contributed by atoms with E-state index in [1.54, 1.807) is 25.1 Å². The van der Waals surface area contributed by atoms with Crippen LogP contribution in [0.3, 0.4) is 0 Å². The number of esters is 1. The van der Waals surface area contributed by atoms with E-state index in [-0.39, 0.29) is 19.8 Å². The molecule has 0 aliphatic rings. The lowest BCUT2D eigenvalue weighted by molar-refractivity contribution is -0.137. The SMILES string of the molecule is CCOC(=O)/C=C/c1cc(OCCF)ccc1OCCF. The third-order valence-corrected chi connectivity index (χ3v) is 2.35. The maximum absolute atomic E-state index is 12.2. The van der Waals surface area contributed by atoms with Crippen LogP contribution < -0.4 is 9.47 Å². The predicted molar refractivity (Wildman–Crippen MR) is 75.0 cm³/mol. The minimum Gasteiger partial charge on any atom is -0.491 e. The van der Waals surface area contributed by atoms with Crippen molar-refractivity contribution in [1.29, 1.82) is 0 Å². The van der Waals surface area contributed by atoms with Crippen molar-refractivity contribution in [2.24, 2.45) is 0 Å². The van der Waals surface area contributed by atoms with Gasteiger partial charge < -0.3 is 14.2 Å². The monoisotopic (exact) mass is 300 g/mol. The van der Waals surface area contributed by atoms with Gasteiger partial charge in [-0.25, -0.2) is 13.6 Å². The van der Waals surface area contributed by atoms with Gasteiger partial charge in [0.05, 0.1) is 6.61 Å². The van der Waals surface area contributed by atoms with Crippen molar-refractivity contribution in [3.8, 4) is 11.5 Å². The van der Waals surface area contributed by atoms with Crippen molar-refractivity contribution in [2.45, 2.75) is 6.92 Å². The molecule has 0 fully saturated rings. The first-order chi connectivity index (χ1) is 10.2. The van der Waals surface area contributed by atoms with Crippen molar-refractivity contribution in [3.63, 3.8) is 0 Å². The van der Waals surface area contributed by atoms with Crippen molar-refractivity contribution < 1.29 is 27.8 Å². The zero-order valence-corrected chi connectivity index (χ0v) is 11.8. The van der Waals surface area contributed by atoms with Gasteiger partial charge in [-0.1, -0.05) is 0 Å². The zero-order valence-electron chi connectivity index (χ0n) is 11.8. The number of alkyl halides is 2. The van der Waals surface area contributed by atoms with Crippen LogP contribution in [0.25, 0.3) is 6.08 Å². The molecular formula is C15H18F2O4. The molecule has 0 saturated carbocycles. The van der Waals surface area contributed by atoms with Gasteiger partial charge in [0.25, 0.3) is 0 Å². The maximum atomic E-state index is 12.2. The number of halogens is 2. The number of ether oxygens (including phenoxy) is 3. The molecule has 0 atom stereocenters. The number of hydrogen-bond donors (Lipinski definition) is 0. The largest absolute Gasteiger partial charge is 0.491 e. The van der Waals surface area contributed by atoms with Crippen LogP contribution in [0, 0.1) is 0 Å². The quantitative estimate of drug-likeness (QED) is 0.519. The van der Waals surface area contributed by atoms with Gasteiger partial charge in [-0.2, -0.15) is 0 Å². The number of carbonyl (C=O) groups is 1. The number of rotatable bonds is 9. The predicted octanol–water partition coefficient (Wildman–Crippen LogP) is 2.96. The lowest BCUT2D eigenvalue weighted by Gasteiger charge is -2.10. The van der Waals surface area contributed by atoms with Gasteiger partial charge in [0.15, 0.2) is 0 Å². The highest BCUT2D eigenvalue weighted by Crippen LogP contribution is 2.25. The van der Waals surface area contributed by atoms with Gasteiger partial charge in [-0.3, -0.25) is 0 Å². The Morgan fingerprint density at radius 2 is 1.90 bits per heavy atom.